The number of benzene rings is 1. The van der Waals surface area contributed by atoms with Crippen molar-refractivity contribution in [1.29, 1.82) is 0 Å². The van der Waals surface area contributed by atoms with Gasteiger partial charge in [0.05, 0.1) is 5.69 Å². The van der Waals surface area contributed by atoms with E-state index in [0.29, 0.717) is 5.89 Å². The van der Waals surface area contributed by atoms with Gasteiger partial charge >= 0.3 is 0 Å². The lowest BCUT2D eigenvalue weighted by molar-refractivity contribution is 0.368. The molecule has 0 saturated heterocycles. The van der Waals surface area contributed by atoms with E-state index >= 15 is 0 Å². The van der Waals surface area contributed by atoms with E-state index in [4.69, 9.17) is 4.52 Å². The van der Waals surface area contributed by atoms with Gasteiger partial charge in [0.15, 0.2) is 11.8 Å². The number of hydrogen-bond acceptors (Lipinski definition) is 5. The molecule has 8 nitrogen and oxygen atoms in total. The van der Waals surface area contributed by atoms with E-state index in [9.17, 15) is 0 Å². The first kappa shape index (κ1) is 23.8. The summed E-state index contributed by atoms with van der Waals surface area (Å²) in [6.07, 6.45) is 6.29. The normalized spacial score (nSPS) is 11.4. The van der Waals surface area contributed by atoms with Gasteiger partial charge in [0.25, 0.3) is 0 Å². The van der Waals surface area contributed by atoms with E-state index < -0.39 is 0 Å². The Bertz CT molecular complexity index is 888. The first-order valence-electron chi connectivity index (χ1n) is 10.0. The molecule has 1 aromatic carbocycles. The van der Waals surface area contributed by atoms with Crippen LogP contribution in [0.2, 0.25) is 0 Å². The van der Waals surface area contributed by atoms with Crippen molar-refractivity contribution in [2.45, 2.75) is 39.0 Å². The number of aromatic nitrogens is 4. The van der Waals surface area contributed by atoms with Gasteiger partial charge < -0.3 is 15.2 Å². The molecule has 2 heterocycles. The Balaban J connectivity index is 0.00000320. The zero-order chi connectivity index (χ0) is 20.5. The van der Waals surface area contributed by atoms with Gasteiger partial charge in [-0.05, 0) is 36.6 Å². The molecule has 0 bridgehead atoms. The number of nitrogens with one attached hydrogen (secondary N) is 2. The molecular weight excluding hydrogens is 493 g/mol. The third kappa shape index (κ3) is 7.12. The van der Waals surface area contributed by atoms with Crippen molar-refractivity contribution < 1.29 is 4.52 Å². The van der Waals surface area contributed by atoms with Crippen LogP contribution in [0.1, 0.15) is 43.5 Å². The largest absolute Gasteiger partial charge is 0.356 e. The topological polar surface area (TPSA) is 93.2 Å². The first-order valence-corrected chi connectivity index (χ1v) is 10.0. The molecule has 0 fully saturated rings. The molecule has 0 atom stereocenters. The minimum atomic E-state index is 0. The quantitative estimate of drug-likeness (QED) is 0.194. The molecule has 0 saturated carbocycles. The lowest BCUT2D eigenvalue weighted by Crippen LogP contribution is -2.38. The molecule has 0 aliphatic rings. The van der Waals surface area contributed by atoms with Gasteiger partial charge in [-0.2, -0.15) is 10.1 Å². The van der Waals surface area contributed by atoms with E-state index in [0.717, 1.165) is 49.8 Å². The average molecular weight is 523 g/mol. The molecule has 30 heavy (non-hydrogen) atoms. The van der Waals surface area contributed by atoms with Crippen LogP contribution >= 0.6 is 24.0 Å². The van der Waals surface area contributed by atoms with Crippen molar-refractivity contribution >= 4 is 29.9 Å². The first-order chi connectivity index (χ1) is 14.2. The van der Waals surface area contributed by atoms with Crippen LogP contribution in [0.15, 0.2) is 52.2 Å². The molecule has 0 aliphatic heterocycles. The summed E-state index contributed by atoms with van der Waals surface area (Å²) < 4.78 is 7.12. The van der Waals surface area contributed by atoms with Crippen molar-refractivity contribution in [3.8, 4) is 5.69 Å². The Morgan fingerprint density at radius 1 is 1.13 bits per heavy atom. The smallest absolute Gasteiger partial charge is 0.226 e. The van der Waals surface area contributed by atoms with E-state index in [2.05, 4.69) is 69.0 Å². The minimum Gasteiger partial charge on any atom is -0.356 e. The zero-order valence-electron chi connectivity index (χ0n) is 17.7. The Morgan fingerprint density at radius 3 is 2.53 bits per heavy atom. The van der Waals surface area contributed by atoms with Gasteiger partial charge in [-0.25, -0.2) is 4.68 Å². The number of guanidine groups is 1. The molecule has 0 radical (unpaired) electrons. The number of aliphatic imine (C=N–C) groups is 1. The van der Waals surface area contributed by atoms with Crippen LogP contribution in [0.5, 0.6) is 0 Å². The molecule has 0 unspecified atom stereocenters. The Kier molecular flexibility index (Phi) is 9.78. The fraction of sp³-hybridized carbons (Fsp3) is 0.429. The molecule has 0 spiro atoms. The van der Waals surface area contributed by atoms with Gasteiger partial charge in [-0.1, -0.05) is 31.1 Å². The molecule has 2 aromatic heterocycles. The molecule has 2 N–H and O–H groups in total. The van der Waals surface area contributed by atoms with E-state index in [1.165, 1.54) is 5.56 Å². The average Bonchev–Trinajstić information content (AvgIpc) is 3.42. The summed E-state index contributed by atoms with van der Waals surface area (Å²) in [5.41, 5.74) is 2.33. The summed E-state index contributed by atoms with van der Waals surface area (Å²) in [6.45, 7) is 5.71. The number of aryl methyl sites for hydroxylation is 1. The van der Waals surface area contributed by atoms with Crippen LogP contribution in [0.3, 0.4) is 0 Å². The zero-order valence-corrected chi connectivity index (χ0v) is 20.0. The van der Waals surface area contributed by atoms with Crippen LogP contribution in [0.4, 0.5) is 0 Å². The Morgan fingerprint density at radius 2 is 1.90 bits per heavy atom. The summed E-state index contributed by atoms with van der Waals surface area (Å²) in [4.78, 5) is 8.67. The number of hydrogen-bond donors (Lipinski definition) is 2. The molecule has 3 aromatic rings. The van der Waals surface area contributed by atoms with Gasteiger partial charge in [0.2, 0.25) is 5.89 Å². The maximum absolute atomic E-state index is 5.27. The standard InChI is InChI=1S/C21H29N7O.HI/c1-16(2)20-26-19(29-27-20)6-4-12-23-21(22-3)24-14-11-17-7-9-18(10-8-17)28-15-5-13-25-28;/h5,7-10,13,15-16H,4,6,11-12,14H2,1-3H3,(H2,22,23,24);1H. The van der Waals surface area contributed by atoms with Crippen molar-refractivity contribution in [3.63, 3.8) is 0 Å². The lowest BCUT2D eigenvalue weighted by atomic mass is 10.1. The van der Waals surface area contributed by atoms with Gasteiger partial charge in [0, 0.05) is 44.9 Å². The molecule has 0 aliphatic carbocycles. The maximum atomic E-state index is 5.27. The molecule has 162 valence electrons. The third-order valence-electron chi connectivity index (χ3n) is 4.50. The maximum Gasteiger partial charge on any atom is 0.226 e. The predicted octanol–water partition coefficient (Wildman–Crippen LogP) is 3.34. The number of nitrogens with zero attached hydrogens (tertiary/aromatic N) is 5. The van der Waals surface area contributed by atoms with Crippen molar-refractivity contribution in [2.75, 3.05) is 20.1 Å². The summed E-state index contributed by atoms with van der Waals surface area (Å²) >= 11 is 0. The Hall–Kier alpha value is -2.43. The summed E-state index contributed by atoms with van der Waals surface area (Å²) in [6, 6.07) is 10.3. The van der Waals surface area contributed by atoms with Gasteiger partial charge in [0.1, 0.15) is 0 Å². The van der Waals surface area contributed by atoms with Crippen molar-refractivity contribution in [2.24, 2.45) is 4.99 Å². The SMILES string of the molecule is CN=C(NCCCc1nc(C(C)C)no1)NCCc1ccc(-n2cccn2)cc1.I. The van der Waals surface area contributed by atoms with Gasteiger partial charge in [-0.3, -0.25) is 4.99 Å². The number of halogens is 1. The van der Waals surface area contributed by atoms with Crippen LogP contribution in [0.25, 0.3) is 5.69 Å². The summed E-state index contributed by atoms with van der Waals surface area (Å²) in [5.74, 6) is 2.54. The fourth-order valence-corrected chi connectivity index (χ4v) is 2.83. The summed E-state index contributed by atoms with van der Waals surface area (Å²) in [5, 5.41) is 14.9. The highest BCUT2D eigenvalue weighted by molar-refractivity contribution is 14.0. The predicted molar refractivity (Wildman–Crippen MR) is 129 cm³/mol. The lowest BCUT2D eigenvalue weighted by Gasteiger charge is -2.11. The second-order valence-electron chi connectivity index (χ2n) is 7.10. The second kappa shape index (κ2) is 12.3. The Labute approximate surface area is 194 Å². The molecule has 0 amide bonds. The third-order valence-corrected chi connectivity index (χ3v) is 4.50. The van der Waals surface area contributed by atoms with E-state index in [1.807, 2.05) is 16.9 Å². The fourth-order valence-electron chi connectivity index (χ4n) is 2.83. The molecule has 3 rings (SSSR count). The van der Waals surface area contributed by atoms with Crippen LogP contribution < -0.4 is 10.6 Å². The highest BCUT2D eigenvalue weighted by Gasteiger charge is 2.09. The van der Waals surface area contributed by atoms with E-state index in [-0.39, 0.29) is 29.9 Å². The highest BCUT2D eigenvalue weighted by atomic mass is 127. The number of rotatable bonds is 9. The highest BCUT2D eigenvalue weighted by Crippen LogP contribution is 2.10. The monoisotopic (exact) mass is 523 g/mol. The van der Waals surface area contributed by atoms with Crippen molar-refractivity contribution in [1.82, 2.24) is 30.6 Å². The minimum absolute atomic E-state index is 0. The van der Waals surface area contributed by atoms with E-state index in [1.54, 1.807) is 13.2 Å². The van der Waals surface area contributed by atoms with Crippen LogP contribution in [-0.4, -0.2) is 46.0 Å². The van der Waals surface area contributed by atoms with Crippen LogP contribution in [0, 0.1) is 0 Å². The second-order valence-corrected chi connectivity index (χ2v) is 7.10. The van der Waals surface area contributed by atoms with Crippen LogP contribution in [-0.2, 0) is 12.8 Å². The molecular formula is C21H30IN7O. The van der Waals surface area contributed by atoms with Crippen molar-refractivity contribution in [3.05, 3.63) is 60.0 Å². The van der Waals surface area contributed by atoms with Gasteiger partial charge in [-0.15, -0.1) is 24.0 Å². The summed E-state index contributed by atoms with van der Waals surface area (Å²) in [7, 11) is 1.78. The molecule has 9 heteroatoms.